The van der Waals surface area contributed by atoms with Crippen LogP contribution in [0.1, 0.15) is 36.7 Å². The Hall–Kier alpha value is -3.66. The van der Waals surface area contributed by atoms with E-state index in [-0.39, 0.29) is 17.7 Å². The number of carbonyl (C=O) groups excluding carboxylic acids is 1. The van der Waals surface area contributed by atoms with E-state index in [1.165, 1.54) is 4.31 Å². The largest absolute Gasteiger partial charge is 0.463 e. The molecule has 0 unspecified atom stereocenters. The third-order valence-electron chi connectivity index (χ3n) is 5.57. The van der Waals surface area contributed by atoms with E-state index in [1.807, 2.05) is 13.8 Å². The third kappa shape index (κ3) is 3.86. The quantitative estimate of drug-likeness (QED) is 0.476. The van der Waals surface area contributed by atoms with Crippen LogP contribution in [0.5, 0.6) is 0 Å². The van der Waals surface area contributed by atoms with Gasteiger partial charge in [-0.25, -0.2) is 18.1 Å². The van der Waals surface area contributed by atoms with Crippen molar-refractivity contribution in [3.05, 3.63) is 60.5 Å². The van der Waals surface area contributed by atoms with Crippen LogP contribution in [0.25, 0.3) is 22.5 Å². The molecule has 0 radical (unpaired) electrons. The first kappa shape index (κ1) is 21.2. The zero-order chi connectivity index (χ0) is 23.2. The van der Waals surface area contributed by atoms with Gasteiger partial charge in [-0.05, 0) is 56.7 Å². The molecule has 3 aromatic heterocycles. The first-order valence-electron chi connectivity index (χ1n) is 10.7. The predicted molar refractivity (Wildman–Crippen MR) is 126 cm³/mol. The highest BCUT2D eigenvalue weighted by Gasteiger charge is 2.28. The average molecular weight is 466 g/mol. The molecule has 1 amide bonds. The summed E-state index contributed by atoms with van der Waals surface area (Å²) in [5.74, 6) is 0.331. The second-order valence-corrected chi connectivity index (χ2v) is 10.2. The number of benzene rings is 1. The molecule has 0 bridgehead atoms. The summed E-state index contributed by atoms with van der Waals surface area (Å²) in [6, 6.07) is 12.1. The number of nitrogens with zero attached hydrogens (tertiary/aromatic N) is 4. The van der Waals surface area contributed by atoms with E-state index in [9.17, 15) is 13.2 Å². The van der Waals surface area contributed by atoms with E-state index >= 15 is 0 Å². The first-order valence-corrected chi connectivity index (χ1v) is 12.3. The molecular weight excluding hydrogens is 442 g/mol. The zero-order valence-corrected chi connectivity index (χ0v) is 19.0. The fourth-order valence-electron chi connectivity index (χ4n) is 4.00. The molecular formula is C23H23N5O4S. The Morgan fingerprint density at radius 1 is 1.18 bits per heavy atom. The highest BCUT2D eigenvalue weighted by molar-refractivity contribution is 7.93. The van der Waals surface area contributed by atoms with Gasteiger partial charge in [0.05, 0.1) is 34.8 Å². The van der Waals surface area contributed by atoms with E-state index < -0.39 is 10.0 Å². The van der Waals surface area contributed by atoms with E-state index in [0.717, 1.165) is 0 Å². The van der Waals surface area contributed by atoms with Crippen molar-refractivity contribution in [2.45, 2.75) is 26.3 Å². The number of hydrogen-bond acceptors (Lipinski definition) is 6. The molecule has 1 fully saturated rings. The van der Waals surface area contributed by atoms with Crippen molar-refractivity contribution in [2.75, 3.05) is 21.9 Å². The molecule has 5 rings (SSSR count). The normalized spacial score (nSPS) is 15.4. The summed E-state index contributed by atoms with van der Waals surface area (Å²) in [6.07, 6.45) is 3.78. The Bertz CT molecular complexity index is 1440. The second kappa shape index (κ2) is 8.04. The van der Waals surface area contributed by atoms with Crippen molar-refractivity contribution in [3.63, 3.8) is 0 Å². The molecule has 1 saturated heterocycles. The molecule has 1 aliphatic heterocycles. The molecule has 1 aliphatic rings. The smallest absolute Gasteiger partial charge is 0.256 e. The van der Waals surface area contributed by atoms with E-state index in [4.69, 9.17) is 4.42 Å². The molecule has 170 valence electrons. The molecule has 0 spiro atoms. The molecule has 10 heteroatoms. The standard InChI is InChI=1S/C23H23N5O4S/c1-15(2)28-22-19(14-24-28)18(13-20(26-22)21-8-4-10-32-21)23(29)25-16-6-3-7-17(12-16)27-9-5-11-33(27,30)31/h3-4,6-8,10,12-15H,5,9,11H2,1-2H3,(H,25,29). The first-order chi connectivity index (χ1) is 15.8. The zero-order valence-electron chi connectivity index (χ0n) is 18.2. The fourth-order valence-corrected chi connectivity index (χ4v) is 5.56. The fraction of sp³-hybridized carbons (Fsp3) is 0.261. The van der Waals surface area contributed by atoms with Crippen LogP contribution in [-0.4, -0.2) is 41.4 Å². The minimum Gasteiger partial charge on any atom is -0.463 e. The number of aromatic nitrogens is 3. The predicted octanol–water partition coefficient (Wildman–Crippen LogP) is 4.06. The number of nitrogens with one attached hydrogen (secondary N) is 1. The Morgan fingerprint density at radius 3 is 2.73 bits per heavy atom. The van der Waals surface area contributed by atoms with Crippen LogP contribution in [0.15, 0.2) is 59.3 Å². The molecule has 4 aromatic rings. The lowest BCUT2D eigenvalue weighted by molar-refractivity contribution is 0.102. The van der Waals surface area contributed by atoms with Gasteiger partial charge in [-0.15, -0.1) is 0 Å². The number of amides is 1. The van der Waals surface area contributed by atoms with Crippen LogP contribution in [0.2, 0.25) is 0 Å². The number of furan rings is 1. The lowest BCUT2D eigenvalue weighted by Crippen LogP contribution is -2.25. The Labute approximate surface area is 191 Å². The SMILES string of the molecule is CC(C)n1ncc2c(C(=O)Nc3cccc(N4CCCS4(=O)=O)c3)cc(-c3ccco3)nc21. The minimum atomic E-state index is -3.31. The number of anilines is 2. The van der Waals surface area contributed by atoms with Gasteiger partial charge in [-0.1, -0.05) is 6.07 Å². The van der Waals surface area contributed by atoms with E-state index in [1.54, 1.807) is 59.6 Å². The number of pyridine rings is 1. The van der Waals surface area contributed by atoms with Gasteiger partial charge in [0.2, 0.25) is 10.0 Å². The summed E-state index contributed by atoms with van der Waals surface area (Å²) >= 11 is 0. The number of sulfonamides is 1. The molecule has 1 aromatic carbocycles. The van der Waals surface area contributed by atoms with E-state index in [2.05, 4.69) is 15.4 Å². The van der Waals surface area contributed by atoms with E-state index in [0.29, 0.717) is 52.4 Å². The number of rotatable bonds is 5. The molecule has 0 saturated carbocycles. The molecule has 9 nitrogen and oxygen atoms in total. The van der Waals surface area contributed by atoms with Crippen molar-refractivity contribution in [2.24, 2.45) is 0 Å². The molecule has 0 atom stereocenters. The van der Waals surface area contributed by atoms with Crippen molar-refractivity contribution >= 4 is 38.3 Å². The Kier molecular flexibility index (Phi) is 5.16. The number of fused-ring (bicyclic) bond motifs is 1. The van der Waals surface area contributed by atoms with Gasteiger partial charge in [0.25, 0.3) is 5.91 Å². The Morgan fingerprint density at radius 2 is 2.03 bits per heavy atom. The maximum atomic E-state index is 13.4. The summed E-state index contributed by atoms with van der Waals surface area (Å²) in [4.78, 5) is 18.0. The number of hydrogen-bond donors (Lipinski definition) is 1. The monoisotopic (exact) mass is 465 g/mol. The van der Waals surface area contributed by atoms with Crippen LogP contribution < -0.4 is 9.62 Å². The van der Waals surface area contributed by atoms with Crippen LogP contribution in [0, 0.1) is 0 Å². The summed E-state index contributed by atoms with van der Waals surface area (Å²) in [7, 11) is -3.31. The number of carbonyl (C=O) groups is 1. The van der Waals surface area contributed by atoms with Crippen LogP contribution >= 0.6 is 0 Å². The van der Waals surface area contributed by atoms with Crippen molar-refractivity contribution in [1.29, 1.82) is 0 Å². The lowest BCUT2D eigenvalue weighted by atomic mass is 10.1. The maximum Gasteiger partial charge on any atom is 0.256 e. The van der Waals surface area contributed by atoms with Crippen molar-refractivity contribution < 1.29 is 17.6 Å². The second-order valence-electron chi connectivity index (χ2n) is 8.20. The van der Waals surface area contributed by atoms with Crippen LogP contribution in [0.4, 0.5) is 11.4 Å². The topological polar surface area (TPSA) is 110 Å². The summed E-state index contributed by atoms with van der Waals surface area (Å²) in [6.45, 7) is 4.42. The van der Waals surface area contributed by atoms with Crippen molar-refractivity contribution in [3.8, 4) is 11.5 Å². The van der Waals surface area contributed by atoms with Gasteiger partial charge in [0.15, 0.2) is 11.4 Å². The van der Waals surface area contributed by atoms with Crippen LogP contribution in [0.3, 0.4) is 0 Å². The molecule has 0 aliphatic carbocycles. The van der Waals surface area contributed by atoms with Gasteiger partial charge in [-0.3, -0.25) is 9.10 Å². The van der Waals surface area contributed by atoms with Gasteiger partial charge in [0, 0.05) is 18.3 Å². The lowest BCUT2D eigenvalue weighted by Gasteiger charge is -2.18. The third-order valence-corrected chi connectivity index (χ3v) is 7.43. The summed E-state index contributed by atoms with van der Waals surface area (Å²) in [5.41, 5.74) is 2.55. The van der Waals surface area contributed by atoms with Gasteiger partial charge in [0.1, 0.15) is 5.69 Å². The van der Waals surface area contributed by atoms with Crippen molar-refractivity contribution in [1.82, 2.24) is 14.8 Å². The van der Waals surface area contributed by atoms with Crippen LogP contribution in [-0.2, 0) is 10.0 Å². The highest BCUT2D eigenvalue weighted by atomic mass is 32.2. The summed E-state index contributed by atoms with van der Waals surface area (Å²) in [5, 5.41) is 7.94. The average Bonchev–Trinajstić information content (AvgIpc) is 3.52. The van der Waals surface area contributed by atoms with Gasteiger partial charge < -0.3 is 9.73 Å². The molecule has 33 heavy (non-hydrogen) atoms. The summed E-state index contributed by atoms with van der Waals surface area (Å²) < 4.78 is 33.2. The minimum absolute atomic E-state index is 0.0526. The molecule has 4 heterocycles. The van der Waals surface area contributed by atoms with Gasteiger partial charge in [-0.2, -0.15) is 5.10 Å². The van der Waals surface area contributed by atoms with Gasteiger partial charge >= 0.3 is 0 Å². The Balaban J connectivity index is 1.53. The highest BCUT2D eigenvalue weighted by Crippen LogP contribution is 2.29. The molecule has 1 N–H and O–H groups in total. The maximum absolute atomic E-state index is 13.4.